The van der Waals surface area contributed by atoms with Gasteiger partial charge in [0.05, 0.1) is 0 Å². The Bertz CT molecular complexity index is 521. The molecule has 1 N–H and O–H groups in total. The molecule has 21 heavy (non-hydrogen) atoms. The third kappa shape index (κ3) is 5.18. The van der Waals surface area contributed by atoms with Crippen LogP contribution in [0, 0.1) is 0 Å². The molecule has 0 aliphatic rings. The molecular formula is C19H24ClN. The summed E-state index contributed by atoms with van der Waals surface area (Å²) in [5.74, 6) is 0. The quantitative estimate of drug-likeness (QED) is 0.722. The van der Waals surface area contributed by atoms with Gasteiger partial charge in [0.25, 0.3) is 0 Å². The number of hydrogen-bond donors (Lipinski definition) is 1. The van der Waals surface area contributed by atoms with Crippen LogP contribution in [0.15, 0.2) is 54.6 Å². The highest BCUT2D eigenvalue weighted by Gasteiger charge is 2.13. The lowest BCUT2D eigenvalue weighted by atomic mass is 10.00. The van der Waals surface area contributed by atoms with E-state index in [4.69, 9.17) is 11.6 Å². The van der Waals surface area contributed by atoms with E-state index in [2.05, 4.69) is 61.6 Å². The molecule has 0 aliphatic heterocycles. The zero-order valence-corrected chi connectivity index (χ0v) is 13.6. The van der Waals surface area contributed by atoms with Gasteiger partial charge in [0, 0.05) is 17.1 Å². The van der Waals surface area contributed by atoms with E-state index < -0.39 is 0 Å². The van der Waals surface area contributed by atoms with E-state index in [0.717, 1.165) is 17.9 Å². The molecule has 2 aromatic rings. The van der Waals surface area contributed by atoms with E-state index in [1.54, 1.807) is 0 Å². The van der Waals surface area contributed by atoms with Gasteiger partial charge >= 0.3 is 0 Å². The summed E-state index contributed by atoms with van der Waals surface area (Å²) in [6.45, 7) is 4.49. The summed E-state index contributed by atoms with van der Waals surface area (Å²) in [6, 6.07) is 19.7. The van der Waals surface area contributed by atoms with Gasteiger partial charge in [-0.05, 0) is 43.0 Å². The maximum absolute atomic E-state index is 5.94. The first-order chi connectivity index (χ1) is 10.2. The first-order valence-electron chi connectivity index (χ1n) is 7.74. The number of nitrogens with one attached hydrogen (secondary N) is 1. The van der Waals surface area contributed by atoms with Crippen molar-refractivity contribution in [3.63, 3.8) is 0 Å². The number of halogens is 1. The molecule has 2 rings (SSSR count). The minimum atomic E-state index is 0.429. The van der Waals surface area contributed by atoms with Gasteiger partial charge in [0.1, 0.15) is 0 Å². The number of benzene rings is 2. The van der Waals surface area contributed by atoms with Crippen molar-refractivity contribution >= 4 is 11.6 Å². The summed E-state index contributed by atoms with van der Waals surface area (Å²) in [7, 11) is 0. The van der Waals surface area contributed by atoms with Gasteiger partial charge in [0.2, 0.25) is 0 Å². The van der Waals surface area contributed by atoms with Gasteiger partial charge in [0.15, 0.2) is 0 Å². The molecule has 0 radical (unpaired) electrons. The van der Waals surface area contributed by atoms with Crippen molar-refractivity contribution in [3.8, 4) is 0 Å². The molecule has 0 saturated heterocycles. The molecule has 0 aromatic heterocycles. The summed E-state index contributed by atoms with van der Waals surface area (Å²) in [6.07, 6.45) is 3.36. The highest BCUT2D eigenvalue weighted by Crippen LogP contribution is 2.20. The molecule has 0 saturated carbocycles. The number of rotatable bonds is 7. The summed E-state index contributed by atoms with van der Waals surface area (Å²) >= 11 is 5.94. The average molecular weight is 302 g/mol. The summed E-state index contributed by atoms with van der Waals surface area (Å²) in [5, 5.41) is 4.56. The van der Waals surface area contributed by atoms with E-state index >= 15 is 0 Å². The van der Waals surface area contributed by atoms with E-state index in [-0.39, 0.29) is 0 Å². The van der Waals surface area contributed by atoms with Gasteiger partial charge in [-0.15, -0.1) is 0 Å². The molecule has 2 heteroatoms. The van der Waals surface area contributed by atoms with E-state index in [1.165, 1.54) is 17.5 Å². The summed E-state index contributed by atoms with van der Waals surface area (Å²) < 4.78 is 0. The summed E-state index contributed by atoms with van der Waals surface area (Å²) in [4.78, 5) is 0. The smallest absolute Gasteiger partial charge is 0.0406 e. The molecule has 0 amide bonds. The van der Waals surface area contributed by atoms with Crippen molar-refractivity contribution in [2.24, 2.45) is 0 Å². The molecule has 2 unspecified atom stereocenters. The molecule has 0 aliphatic carbocycles. The van der Waals surface area contributed by atoms with Gasteiger partial charge in [-0.2, -0.15) is 0 Å². The van der Waals surface area contributed by atoms with Crippen LogP contribution in [-0.4, -0.2) is 6.04 Å². The Balaban J connectivity index is 1.98. The van der Waals surface area contributed by atoms with Crippen LogP contribution >= 0.6 is 11.6 Å². The SMILES string of the molecule is CCCC(NC(C)Cc1ccc(Cl)cc1)c1ccccc1. The predicted molar refractivity (Wildman–Crippen MR) is 91.8 cm³/mol. The Hall–Kier alpha value is -1.31. The van der Waals surface area contributed by atoms with Crippen molar-refractivity contribution in [2.75, 3.05) is 0 Å². The Kier molecular flexibility index (Phi) is 6.28. The standard InChI is InChI=1S/C19H24ClN/c1-3-7-19(17-8-5-4-6-9-17)21-15(2)14-16-10-12-18(20)13-11-16/h4-6,8-13,15,19,21H,3,7,14H2,1-2H3. The lowest BCUT2D eigenvalue weighted by molar-refractivity contribution is 0.428. The first-order valence-corrected chi connectivity index (χ1v) is 8.12. The van der Waals surface area contributed by atoms with Gasteiger partial charge in [-0.1, -0.05) is 67.4 Å². The monoisotopic (exact) mass is 301 g/mol. The molecule has 1 nitrogen and oxygen atoms in total. The second kappa shape index (κ2) is 8.21. The first kappa shape index (κ1) is 16.1. The van der Waals surface area contributed by atoms with Crippen molar-refractivity contribution < 1.29 is 0 Å². The van der Waals surface area contributed by atoms with Crippen molar-refractivity contribution in [2.45, 2.75) is 45.2 Å². The topological polar surface area (TPSA) is 12.0 Å². The maximum Gasteiger partial charge on any atom is 0.0406 e. The molecule has 2 atom stereocenters. The van der Waals surface area contributed by atoms with E-state index in [0.29, 0.717) is 12.1 Å². The molecule has 0 bridgehead atoms. The lowest BCUT2D eigenvalue weighted by Crippen LogP contribution is -2.32. The Labute approximate surface area is 133 Å². The fraction of sp³-hybridized carbons (Fsp3) is 0.368. The Morgan fingerprint density at radius 1 is 1.00 bits per heavy atom. The largest absolute Gasteiger partial charge is 0.307 e. The second-order valence-corrected chi connectivity index (χ2v) is 6.09. The van der Waals surface area contributed by atoms with Crippen molar-refractivity contribution in [1.29, 1.82) is 0 Å². The normalized spacial score (nSPS) is 13.9. The highest BCUT2D eigenvalue weighted by atomic mass is 35.5. The van der Waals surface area contributed by atoms with Gasteiger partial charge in [-0.25, -0.2) is 0 Å². The number of hydrogen-bond acceptors (Lipinski definition) is 1. The Morgan fingerprint density at radius 3 is 2.29 bits per heavy atom. The third-order valence-corrected chi connectivity index (χ3v) is 3.97. The minimum absolute atomic E-state index is 0.429. The molecule has 112 valence electrons. The van der Waals surface area contributed by atoms with Crippen LogP contribution in [-0.2, 0) is 6.42 Å². The van der Waals surface area contributed by atoms with Gasteiger partial charge in [-0.3, -0.25) is 0 Å². The minimum Gasteiger partial charge on any atom is -0.307 e. The molecule has 0 heterocycles. The van der Waals surface area contributed by atoms with E-state index in [1.807, 2.05) is 12.1 Å². The van der Waals surface area contributed by atoms with Crippen LogP contribution < -0.4 is 5.32 Å². The van der Waals surface area contributed by atoms with Crippen LogP contribution in [0.3, 0.4) is 0 Å². The Morgan fingerprint density at radius 2 is 1.67 bits per heavy atom. The maximum atomic E-state index is 5.94. The fourth-order valence-corrected chi connectivity index (χ4v) is 2.82. The van der Waals surface area contributed by atoms with Crippen molar-refractivity contribution in [3.05, 3.63) is 70.7 Å². The molecule has 0 spiro atoms. The zero-order chi connectivity index (χ0) is 15.1. The van der Waals surface area contributed by atoms with E-state index in [9.17, 15) is 0 Å². The van der Waals surface area contributed by atoms with Crippen LogP contribution in [0.5, 0.6) is 0 Å². The average Bonchev–Trinajstić information content (AvgIpc) is 2.50. The van der Waals surface area contributed by atoms with Crippen molar-refractivity contribution in [1.82, 2.24) is 5.32 Å². The second-order valence-electron chi connectivity index (χ2n) is 5.65. The van der Waals surface area contributed by atoms with Gasteiger partial charge < -0.3 is 5.32 Å². The third-order valence-electron chi connectivity index (χ3n) is 3.72. The van der Waals surface area contributed by atoms with Crippen LogP contribution in [0.4, 0.5) is 0 Å². The fourth-order valence-electron chi connectivity index (χ4n) is 2.70. The molecular weight excluding hydrogens is 278 g/mol. The molecule has 0 fully saturated rings. The lowest BCUT2D eigenvalue weighted by Gasteiger charge is -2.23. The van der Waals surface area contributed by atoms with Crippen LogP contribution in [0.2, 0.25) is 5.02 Å². The van der Waals surface area contributed by atoms with Crippen LogP contribution in [0.1, 0.15) is 43.9 Å². The predicted octanol–water partition coefficient (Wildman–Crippen LogP) is 5.40. The zero-order valence-electron chi connectivity index (χ0n) is 12.9. The highest BCUT2D eigenvalue weighted by molar-refractivity contribution is 6.30. The van der Waals surface area contributed by atoms with Crippen LogP contribution in [0.25, 0.3) is 0 Å². The summed E-state index contributed by atoms with van der Waals surface area (Å²) in [5.41, 5.74) is 2.70. The molecule has 2 aromatic carbocycles.